The van der Waals surface area contributed by atoms with Crippen LogP contribution >= 0.6 is 11.8 Å². The molecule has 0 spiro atoms. The molecular weight excluding hydrogens is 364 g/mol. The number of carbonyl (C=O) groups excluding carboxylic acids is 1. The molecule has 2 saturated heterocycles. The summed E-state index contributed by atoms with van der Waals surface area (Å²) in [5.41, 5.74) is 0.297. The van der Waals surface area contributed by atoms with E-state index in [4.69, 9.17) is 18.9 Å². The van der Waals surface area contributed by atoms with Crippen LogP contribution in [-0.4, -0.2) is 42.1 Å². The monoisotopic (exact) mass is 386 g/mol. The Morgan fingerprint density at radius 1 is 1.00 bits per heavy atom. The third-order valence-electron chi connectivity index (χ3n) is 4.49. The van der Waals surface area contributed by atoms with Crippen molar-refractivity contribution in [3.8, 4) is 0 Å². The highest BCUT2D eigenvalue weighted by molar-refractivity contribution is 7.99. The van der Waals surface area contributed by atoms with E-state index < -0.39 is 5.79 Å². The highest BCUT2D eigenvalue weighted by atomic mass is 32.2. The second kappa shape index (κ2) is 7.64. The molecule has 2 fully saturated rings. The van der Waals surface area contributed by atoms with Gasteiger partial charge in [0.15, 0.2) is 5.79 Å². The van der Waals surface area contributed by atoms with Gasteiger partial charge in [-0.2, -0.15) is 0 Å². The van der Waals surface area contributed by atoms with Crippen molar-refractivity contribution in [2.24, 2.45) is 0 Å². The van der Waals surface area contributed by atoms with Gasteiger partial charge >= 0.3 is 5.97 Å². The first kappa shape index (κ1) is 18.5. The average molecular weight is 386 g/mol. The lowest BCUT2D eigenvalue weighted by atomic mass is 10.1. The summed E-state index contributed by atoms with van der Waals surface area (Å²) in [7, 11) is 0. The summed E-state index contributed by atoms with van der Waals surface area (Å²) in [6, 6.07) is 19.0. The van der Waals surface area contributed by atoms with Crippen molar-refractivity contribution < 1.29 is 23.7 Å². The highest BCUT2D eigenvalue weighted by Gasteiger charge is 2.55. The largest absolute Gasteiger partial charge is 0.459 e. The molecule has 2 aromatic carbocycles. The molecule has 2 aromatic rings. The van der Waals surface area contributed by atoms with E-state index in [1.165, 1.54) is 0 Å². The molecule has 0 bridgehead atoms. The molecule has 0 aromatic heterocycles. The average Bonchev–Trinajstić information content (AvgIpc) is 3.15. The van der Waals surface area contributed by atoms with Crippen molar-refractivity contribution in [1.82, 2.24) is 0 Å². The number of fused-ring (bicyclic) bond motifs is 1. The number of hydrogen-bond acceptors (Lipinski definition) is 6. The van der Waals surface area contributed by atoms with Crippen LogP contribution in [-0.2, 0) is 18.9 Å². The van der Waals surface area contributed by atoms with Crippen LogP contribution in [0.4, 0.5) is 0 Å². The Balaban J connectivity index is 1.44. The Labute approximate surface area is 163 Å². The SMILES string of the molecule is CC1(C)OC2[C@@H](COC(=O)c3ccccc3)O[C@@H](Sc3ccccc3)[C@H]2O1. The van der Waals surface area contributed by atoms with Crippen molar-refractivity contribution in [3.05, 3.63) is 66.2 Å². The Kier molecular flexibility index (Phi) is 5.23. The summed E-state index contributed by atoms with van der Waals surface area (Å²) >= 11 is 1.60. The predicted molar refractivity (Wildman–Crippen MR) is 102 cm³/mol. The first-order valence-corrected chi connectivity index (χ1v) is 9.85. The standard InChI is InChI=1S/C21H22O5S/c1-21(2)25-17-16(13-23-19(22)14-9-5-3-6-10-14)24-20(18(17)26-21)27-15-11-7-4-8-12-15/h3-12,16-18,20H,13H2,1-2H3/t16-,17?,18+,20+/m1/s1. The van der Waals surface area contributed by atoms with Crippen LogP contribution < -0.4 is 0 Å². The lowest BCUT2D eigenvalue weighted by molar-refractivity contribution is -0.181. The molecule has 1 unspecified atom stereocenters. The van der Waals surface area contributed by atoms with Crippen LogP contribution in [0.3, 0.4) is 0 Å². The fraction of sp³-hybridized carbons (Fsp3) is 0.381. The number of esters is 1. The van der Waals surface area contributed by atoms with Gasteiger partial charge in [-0.15, -0.1) is 0 Å². The minimum absolute atomic E-state index is 0.125. The number of benzene rings is 2. The van der Waals surface area contributed by atoms with Gasteiger partial charge in [-0.1, -0.05) is 48.2 Å². The van der Waals surface area contributed by atoms with Gasteiger partial charge in [0.05, 0.1) is 5.56 Å². The van der Waals surface area contributed by atoms with E-state index in [0.29, 0.717) is 5.56 Å². The summed E-state index contributed by atoms with van der Waals surface area (Å²) in [5.74, 6) is -1.05. The maximum absolute atomic E-state index is 12.2. The van der Waals surface area contributed by atoms with Gasteiger partial charge in [0.2, 0.25) is 0 Å². The van der Waals surface area contributed by atoms with E-state index in [2.05, 4.69) is 0 Å². The van der Waals surface area contributed by atoms with Crippen LogP contribution in [0.15, 0.2) is 65.6 Å². The minimum Gasteiger partial charge on any atom is -0.459 e. The Morgan fingerprint density at radius 3 is 2.33 bits per heavy atom. The number of carbonyl (C=O) groups is 1. The fourth-order valence-corrected chi connectivity index (χ4v) is 4.45. The van der Waals surface area contributed by atoms with Gasteiger partial charge < -0.3 is 18.9 Å². The lowest BCUT2D eigenvalue weighted by Gasteiger charge is -2.23. The van der Waals surface area contributed by atoms with Crippen LogP contribution in [0.25, 0.3) is 0 Å². The maximum Gasteiger partial charge on any atom is 0.338 e. The molecule has 27 heavy (non-hydrogen) atoms. The molecule has 6 heteroatoms. The molecule has 4 rings (SSSR count). The van der Waals surface area contributed by atoms with Gasteiger partial charge in [0, 0.05) is 4.90 Å². The minimum atomic E-state index is -0.684. The van der Waals surface area contributed by atoms with E-state index in [1.807, 2.05) is 62.4 Å². The number of thioether (sulfide) groups is 1. The number of ether oxygens (including phenoxy) is 4. The van der Waals surface area contributed by atoms with Crippen molar-refractivity contribution in [3.63, 3.8) is 0 Å². The molecule has 0 radical (unpaired) electrons. The molecule has 0 N–H and O–H groups in total. The van der Waals surface area contributed by atoms with Crippen LogP contribution in [0.5, 0.6) is 0 Å². The first-order valence-electron chi connectivity index (χ1n) is 8.97. The molecule has 2 aliphatic heterocycles. The summed E-state index contributed by atoms with van der Waals surface area (Å²) in [4.78, 5) is 13.3. The zero-order valence-corrected chi connectivity index (χ0v) is 16.1. The molecule has 5 nitrogen and oxygen atoms in total. The Hall–Kier alpha value is -1.86. The lowest BCUT2D eigenvalue weighted by Crippen LogP contribution is -2.33. The molecule has 0 aliphatic carbocycles. The second-order valence-corrected chi connectivity index (χ2v) is 8.17. The van der Waals surface area contributed by atoms with Crippen LogP contribution in [0.2, 0.25) is 0 Å². The zero-order chi connectivity index (χ0) is 18.9. The topological polar surface area (TPSA) is 54.0 Å². The summed E-state index contributed by atoms with van der Waals surface area (Å²) in [6.45, 7) is 3.91. The van der Waals surface area contributed by atoms with E-state index in [0.717, 1.165) is 4.90 Å². The third-order valence-corrected chi connectivity index (χ3v) is 5.65. The quantitative estimate of drug-likeness (QED) is 0.727. The second-order valence-electron chi connectivity index (χ2n) is 7.00. The van der Waals surface area contributed by atoms with Gasteiger partial charge in [-0.05, 0) is 38.1 Å². The van der Waals surface area contributed by atoms with Crippen molar-refractivity contribution in [2.45, 2.75) is 48.3 Å². The maximum atomic E-state index is 12.2. The smallest absolute Gasteiger partial charge is 0.338 e. The highest BCUT2D eigenvalue weighted by Crippen LogP contribution is 2.44. The molecule has 2 aliphatic rings. The zero-order valence-electron chi connectivity index (χ0n) is 15.2. The van der Waals surface area contributed by atoms with Crippen molar-refractivity contribution in [2.75, 3.05) is 6.61 Å². The Morgan fingerprint density at radius 2 is 1.63 bits per heavy atom. The summed E-state index contributed by atoms with van der Waals surface area (Å²) in [6.07, 6.45) is -0.860. The van der Waals surface area contributed by atoms with Gasteiger partial charge in [-0.3, -0.25) is 0 Å². The molecule has 4 atom stereocenters. The summed E-state index contributed by atoms with van der Waals surface area (Å²) in [5, 5.41) is 0. The number of rotatable bonds is 5. The van der Waals surface area contributed by atoms with Gasteiger partial charge in [-0.25, -0.2) is 4.79 Å². The molecule has 0 saturated carbocycles. The number of hydrogen-bond donors (Lipinski definition) is 0. The fourth-order valence-electron chi connectivity index (χ4n) is 3.32. The van der Waals surface area contributed by atoms with Crippen LogP contribution in [0.1, 0.15) is 24.2 Å². The molecule has 142 valence electrons. The van der Waals surface area contributed by atoms with Crippen LogP contribution in [0, 0.1) is 0 Å². The third kappa shape index (κ3) is 4.19. The van der Waals surface area contributed by atoms with E-state index in [1.54, 1.807) is 23.9 Å². The van der Waals surface area contributed by atoms with Gasteiger partial charge in [0.25, 0.3) is 0 Å². The van der Waals surface area contributed by atoms with E-state index >= 15 is 0 Å². The van der Waals surface area contributed by atoms with E-state index in [-0.39, 0.29) is 36.3 Å². The molecular formula is C21H22O5S. The van der Waals surface area contributed by atoms with E-state index in [9.17, 15) is 4.79 Å². The molecule has 2 heterocycles. The Bertz CT molecular complexity index is 780. The first-order chi connectivity index (χ1) is 13.0. The molecule has 0 amide bonds. The summed E-state index contributed by atoms with van der Waals surface area (Å²) < 4.78 is 23.7. The van der Waals surface area contributed by atoms with Crippen molar-refractivity contribution >= 4 is 17.7 Å². The van der Waals surface area contributed by atoms with Gasteiger partial charge in [0.1, 0.15) is 30.4 Å². The normalized spacial score (nSPS) is 28.7. The van der Waals surface area contributed by atoms with Crippen molar-refractivity contribution in [1.29, 1.82) is 0 Å². The predicted octanol–water partition coefficient (Wildman–Crippen LogP) is 3.88.